The Morgan fingerprint density at radius 2 is 1.68 bits per heavy atom. The highest BCUT2D eigenvalue weighted by atomic mass is 32.1. The summed E-state index contributed by atoms with van der Waals surface area (Å²) in [5.74, 6) is 0.845. The van der Waals surface area contributed by atoms with E-state index in [1.165, 1.54) is 0 Å². The molecule has 1 heterocycles. The second kappa shape index (κ2) is 9.49. The van der Waals surface area contributed by atoms with E-state index in [-0.39, 0.29) is 6.61 Å². The minimum Gasteiger partial charge on any atom is -0.489 e. The summed E-state index contributed by atoms with van der Waals surface area (Å²) in [6.07, 6.45) is 0. The highest BCUT2D eigenvalue weighted by Gasteiger charge is 2.10. The van der Waals surface area contributed by atoms with Crippen molar-refractivity contribution in [3.8, 4) is 17.2 Å². The van der Waals surface area contributed by atoms with Gasteiger partial charge in [-0.05, 0) is 36.8 Å². The van der Waals surface area contributed by atoms with Gasteiger partial charge in [0.15, 0.2) is 6.61 Å². The number of hydrogen-bond acceptors (Lipinski definition) is 6. The molecule has 0 unspecified atom stereocenters. The van der Waals surface area contributed by atoms with Crippen LogP contribution < -0.4 is 14.2 Å². The molecule has 158 valence electrons. The Labute approximate surface area is 183 Å². The van der Waals surface area contributed by atoms with Gasteiger partial charge >= 0.3 is 5.97 Å². The van der Waals surface area contributed by atoms with Gasteiger partial charge in [-0.3, -0.25) is 0 Å². The van der Waals surface area contributed by atoms with E-state index in [0.717, 1.165) is 26.4 Å². The van der Waals surface area contributed by atoms with Crippen LogP contribution in [0.15, 0.2) is 66.7 Å². The zero-order chi connectivity index (χ0) is 21.6. The minimum atomic E-state index is -1.02. The molecule has 1 N–H and O–H groups in total. The molecule has 6 nitrogen and oxygen atoms in total. The smallest absolute Gasteiger partial charge is 0.341 e. The highest BCUT2D eigenvalue weighted by molar-refractivity contribution is 7.18. The van der Waals surface area contributed by atoms with Crippen LogP contribution in [0.2, 0.25) is 0 Å². The molecule has 0 spiro atoms. The lowest BCUT2D eigenvalue weighted by atomic mass is 10.1. The van der Waals surface area contributed by atoms with Crippen molar-refractivity contribution >= 4 is 27.5 Å². The number of benzene rings is 3. The number of aryl methyl sites for hydroxylation is 1. The molecular formula is C24H21NO5S. The molecule has 0 bridgehead atoms. The summed E-state index contributed by atoms with van der Waals surface area (Å²) >= 11 is 1.61. The lowest BCUT2D eigenvalue weighted by molar-refractivity contribution is -0.139. The van der Waals surface area contributed by atoms with E-state index in [1.807, 2.05) is 73.7 Å². The van der Waals surface area contributed by atoms with Crippen LogP contribution in [0.4, 0.5) is 0 Å². The lowest BCUT2D eigenvalue weighted by Gasteiger charge is -2.14. The summed E-state index contributed by atoms with van der Waals surface area (Å²) in [5, 5.41) is 9.80. The molecule has 4 aromatic rings. The number of aliphatic carboxylic acids is 1. The van der Waals surface area contributed by atoms with Gasteiger partial charge in [-0.15, -0.1) is 11.3 Å². The van der Waals surface area contributed by atoms with Gasteiger partial charge in [0.1, 0.15) is 35.5 Å². The van der Waals surface area contributed by atoms with Gasteiger partial charge in [-0.1, -0.05) is 36.4 Å². The predicted molar refractivity (Wildman–Crippen MR) is 119 cm³/mol. The molecular weight excluding hydrogens is 414 g/mol. The maximum atomic E-state index is 10.9. The Hall–Kier alpha value is -3.58. The molecule has 0 saturated heterocycles. The number of thiazole rings is 1. The molecule has 4 rings (SSSR count). The molecule has 0 fully saturated rings. The number of aromatic nitrogens is 1. The van der Waals surface area contributed by atoms with E-state index in [4.69, 9.17) is 19.3 Å². The third-order valence-corrected chi connectivity index (χ3v) is 5.54. The molecule has 0 amide bonds. The second-order valence-corrected chi connectivity index (χ2v) is 7.99. The maximum absolute atomic E-state index is 10.9. The van der Waals surface area contributed by atoms with Crippen molar-refractivity contribution in [2.45, 2.75) is 20.1 Å². The predicted octanol–water partition coefficient (Wildman–Crippen LogP) is 5.23. The van der Waals surface area contributed by atoms with Gasteiger partial charge in [0.2, 0.25) is 0 Å². The van der Waals surface area contributed by atoms with Crippen LogP contribution >= 0.6 is 11.3 Å². The number of fused-ring (bicyclic) bond motifs is 1. The Bertz CT molecular complexity index is 1170. The number of nitrogens with zero attached hydrogens (tertiary/aromatic N) is 1. The van der Waals surface area contributed by atoms with Crippen LogP contribution in [0.1, 0.15) is 16.1 Å². The fourth-order valence-electron chi connectivity index (χ4n) is 3.11. The van der Waals surface area contributed by atoms with Gasteiger partial charge in [0.05, 0.1) is 10.2 Å². The molecule has 1 aromatic heterocycles. The molecule has 7 heteroatoms. The quantitative estimate of drug-likeness (QED) is 0.388. The van der Waals surface area contributed by atoms with Crippen molar-refractivity contribution < 1.29 is 24.1 Å². The Balaban J connectivity index is 1.40. The van der Waals surface area contributed by atoms with Crippen molar-refractivity contribution in [3.63, 3.8) is 0 Å². The second-order valence-electron chi connectivity index (χ2n) is 6.87. The molecule has 0 saturated carbocycles. The lowest BCUT2D eigenvalue weighted by Crippen LogP contribution is -2.12. The van der Waals surface area contributed by atoms with Crippen LogP contribution in [0.5, 0.6) is 17.2 Å². The van der Waals surface area contributed by atoms with E-state index in [2.05, 4.69) is 4.98 Å². The van der Waals surface area contributed by atoms with Crippen molar-refractivity contribution in [1.29, 1.82) is 0 Å². The van der Waals surface area contributed by atoms with E-state index in [9.17, 15) is 4.79 Å². The average Bonchev–Trinajstić information content (AvgIpc) is 3.19. The first-order valence-electron chi connectivity index (χ1n) is 9.71. The number of rotatable bonds is 9. The number of carbonyl (C=O) groups is 1. The standard InChI is InChI=1S/C24H21NO5S/c1-16-6-4-7-17(24(16)30-15-23(26)27)13-28-18-8-5-9-19(12-18)29-14-22-25-20-10-2-3-11-21(20)31-22/h2-12H,13-15H2,1H3,(H,26,27). The van der Waals surface area contributed by atoms with E-state index < -0.39 is 12.6 Å². The van der Waals surface area contributed by atoms with Crippen LogP contribution in [0.3, 0.4) is 0 Å². The number of hydrogen-bond donors (Lipinski definition) is 1. The van der Waals surface area contributed by atoms with Crippen molar-refractivity contribution in [2.75, 3.05) is 6.61 Å². The zero-order valence-electron chi connectivity index (χ0n) is 16.9. The summed E-state index contributed by atoms with van der Waals surface area (Å²) in [4.78, 5) is 15.4. The summed E-state index contributed by atoms with van der Waals surface area (Å²) in [6.45, 7) is 2.11. The normalized spacial score (nSPS) is 10.7. The largest absolute Gasteiger partial charge is 0.489 e. The fourth-order valence-corrected chi connectivity index (χ4v) is 3.99. The third-order valence-electron chi connectivity index (χ3n) is 4.53. The highest BCUT2D eigenvalue weighted by Crippen LogP contribution is 2.27. The van der Waals surface area contributed by atoms with Crippen LogP contribution in [-0.4, -0.2) is 22.7 Å². The monoisotopic (exact) mass is 435 g/mol. The summed E-state index contributed by atoms with van der Waals surface area (Å²) < 4.78 is 18.4. The van der Waals surface area contributed by atoms with E-state index in [1.54, 1.807) is 11.3 Å². The van der Waals surface area contributed by atoms with Gasteiger partial charge in [0, 0.05) is 11.6 Å². The van der Waals surface area contributed by atoms with Crippen molar-refractivity contribution in [1.82, 2.24) is 4.98 Å². The van der Waals surface area contributed by atoms with Gasteiger partial charge < -0.3 is 19.3 Å². The molecule has 0 radical (unpaired) electrons. The molecule has 31 heavy (non-hydrogen) atoms. The topological polar surface area (TPSA) is 77.9 Å². The summed E-state index contributed by atoms with van der Waals surface area (Å²) in [5.41, 5.74) is 2.61. The summed E-state index contributed by atoms with van der Waals surface area (Å²) in [7, 11) is 0. The third kappa shape index (κ3) is 5.32. The zero-order valence-corrected chi connectivity index (χ0v) is 17.7. The van der Waals surface area contributed by atoms with Gasteiger partial charge in [-0.2, -0.15) is 0 Å². The van der Waals surface area contributed by atoms with Crippen LogP contribution in [0.25, 0.3) is 10.2 Å². The van der Waals surface area contributed by atoms with Gasteiger partial charge in [-0.25, -0.2) is 9.78 Å². The first-order valence-corrected chi connectivity index (χ1v) is 10.5. The number of carboxylic acids is 1. The summed E-state index contributed by atoms with van der Waals surface area (Å²) in [6, 6.07) is 21.0. The Morgan fingerprint density at radius 3 is 2.45 bits per heavy atom. The van der Waals surface area contributed by atoms with Crippen molar-refractivity contribution in [3.05, 3.63) is 82.9 Å². The molecule has 0 atom stereocenters. The first kappa shape index (κ1) is 20.7. The molecule has 0 aliphatic heterocycles. The van der Waals surface area contributed by atoms with E-state index >= 15 is 0 Å². The van der Waals surface area contributed by atoms with Crippen LogP contribution in [0, 0.1) is 6.92 Å². The van der Waals surface area contributed by atoms with E-state index in [0.29, 0.717) is 23.9 Å². The number of ether oxygens (including phenoxy) is 3. The first-order chi connectivity index (χ1) is 15.1. The fraction of sp³-hybridized carbons (Fsp3) is 0.167. The van der Waals surface area contributed by atoms with Crippen LogP contribution in [-0.2, 0) is 18.0 Å². The SMILES string of the molecule is Cc1cccc(COc2cccc(OCc3nc4ccccc4s3)c2)c1OCC(=O)O. The minimum absolute atomic E-state index is 0.248. The number of carboxylic acid groups (broad SMARTS) is 1. The number of para-hydroxylation sites is 2. The molecule has 3 aromatic carbocycles. The van der Waals surface area contributed by atoms with Gasteiger partial charge in [0.25, 0.3) is 0 Å². The molecule has 0 aliphatic rings. The maximum Gasteiger partial charge on any atom is 0.341 e. The Morgan fingerprint density at radius 1 is 0.935 bits per heavy atom. The average molecular weight is 436 g/mol. The Kier molecular flexibility index (Phi) is 6.33. The van der Waals surface area contributed by atoms with Crippen molar-refractivity contribution in [2.24, 2.45) is 0 Å². The molecule has 0 aliphatic carbocycles.